The van der Waals surface area contributed by atoms with Gasteiger partial charge in [0.25, 0.3) is 5.91 Å². The van der Waals surface area contributed by atoms with Gasteiger partial charge in [-0.1, -0.05) is 0 Å². The van der Waals surface area contributed by atoms with Crippen LogP contribution in [0, 0.1) is 6.92 Å². The molecular weight excluding hydrogens is 286 g/mol. The molecule has 0 spiro atoms. The van der Waals surface area contributed by atoms with Gasteiger partial charge in [0.15, 0.2) is 0 Å². The van der Waals surface area contributed by atoms with Crippen molar-refractivity contribution in [2.45, 2.75) is 32.7 Å². The molecule has 0 aliphatic carbocycles. The number of aliphatic hydroxyl groups excluding tert-OH is 1. The molecular formula is C16H21NO3S. The van der Waals surface area contributed by atoms with E-state index in [0.717, 1.165) is 32.7 Å². The average Bonchev–Trinajstić information content (AvgIpc) is 2.81. The van der Waals surface area contributed by atoms with Crippen LogP contribution in [0.2, 0.25) is 0 Å². The summed E-state index contributed by atoms with van der Waals surface area (Å²) < 4.78 is 6.32. The van der Waals surface area contributed by atoms with Gasteiger partial charge < -0.3 is 15.2 Å². The number of fused-ring (bicyclic) bond motifs is 1. The first kappa shape index (κ1) is 15.8. The number of thiophene rings is 1. The first-order valence-electron chi connectivity index (χ1n) is 7.05. The number of benzene rings is 1. The summed E-state index contributed by atoms with van der Waals surface area (Å²) in [7, 11) is 1.64. The van der Waals surface area contributed by atoms with Gasteiger partial charge in [-0.3, -0.25) is 4.79 Å². The first-order chi connectivity index (χ1) is 10.1. The topological polar surface area (TPSA) is 58.6 Å². The second-order valence-electron chi connectivity index (χ2n) is 5.16. The van der Waals surface area contributed by atoms with Crippen molar-refractivity contribution in [3.63, 3.8) is 0 Å². The standard InChI is InChI=1S/C16H21NO3S/c1-10(5-4-8-18)17-16(19)15-11(2)13-9-12(20-3)6-7-14(13)21-15/h6-7,9-10,18H,4-5,8H2,1-3H3,(H,17,19). The summed E-state index contributed by atoms with van der Waals surface area (Å²) in [6.45, 7) is 4.08. The SMILES string of the molecule is COc1ccc2sc(C(=O)NC(C)CCCO)c(C)c2c1. The molecule has 2 rings (SSSR count). The van der Waals surface area contributed by atoms with Crippen LogP contribution in [0.5, 0.6) is 5.75 Å². The summed E-state index contributed by atoms with van der Waals surface area (Å²) in [6, 6.07) is 5.91. The Hall–Kier alpha value is -1.59. The molecule has 4 nitrogen and oxygen atoms in total. The van der Waals surface area contributed by atoms with Gasteiger partial charge in [-0.05, 0) is 55.8 Å². The minimum atomic E-state index is -0.0434. The third-order valence-electron chi connectivity index (χ3n) is 3.52. The lowest BCUT2D eigenvalue weighted by molar-refractivity contribution is 0.0940. The number of ether oxygens (including phenoxy) is 1. The minimum Gasteiger partial charge on any atom is -0.497 e. The fourth-order valence-electron chi connectivity index (χ4n) is 2.30. The highest BCUT2D eigenvalue weighted by atomic mass is 32.1. The zero-order valence-electron chi connectivity index (χ0n) is 12.6. The van der Waals surface area contributed by atoms with Crippen LogP contribution in [0.1, 0.15) is 35.0 Å². The predicted molar refractivity (Wildman–Crippen MR) is 86.4 cm³/mol. The molecule has 1 aromatic heterocycles. The summed E-state index contributed by atoms with van der Waals surface area (Å²) in [5, 5.41) is 12.9. The zero-order valence-corrected chi connectivity index (χ0v) is 13.4. The number of aliphatic hydroxyl groups is 1. The largest absolute Gasteiger partial charge is 0.497 e. The Bertz CT molecular complexity index is 636. The van der Waals surface area contributed by atoms with Crippen molar-refractivity contribution in [3.05, 3.63) is 28.6 Å². The van der Waals surface area contributed by atoms with Gasteiger partial charge in [0.2, 0.25) is 0 Å². The lowest BCUT2D eigenvalue weighted by Gasteiger charge is -2.12. The van der Waals surface area contributed by atoms with Crippen molar-refractivity contribution in [2.24, 2.45) is 0 Å². The van der Waals surface area contributed by atoms with Crippen LogP contribution in [-0.4, -0.2) is 30.8 Å². The van der Waals surface area contributed by atoms with Crippen molar-refractivity contribution < 1.29 is 14.6 Å². The number of nitrogens with one attached hydrogen (secondary N) is 1. The Morgan fingerprint density at radius 1 is 1.48 bits per heavy atom. The molecule has 0 aliphatic heterocycles. The van der Waals surface area contributed by atoms with Gasteiger partial charge in [-0.15, -0.1) is 11.3 Å². The lowest BCUT2D eigenvalue weighted by Crippen LogP contribution is -2.32. The van der Waals surface area contributed by atoms with Crippen LogP contribution >= 0.6 is 11.3 Å². The van der Waals surface area contributed by atoms with Crippen LogP contribution in [0.25, 0.3) is 10.1 Å². The maximum atomic E-state index is 12.4. The van der Waals surface area contributed by atoms with E-state index in [-0.39, 0.29) is 18.6 Å². The van der Waals surface area contributed by atoms with E-state index >= 15 is 0 Å². The van der Waals surface area contributed by atoms with Crippen LogP contribution < -0.4 is 10.1 Å². The van der Waals surface area contributed by atoms with Gasteiger partial charge >= 0.3 is 0 Å². The number of hydrogen-bond donors (Lipinski definition) is 2. The molecule has 5 heteroatoms. The smallest absolute Gasteiger partial charge is 0.261 e. The first-order valence-corrected chi connectivity index (χ1v) is 7.87. The van der Waals surface area contributed by atoms with Gasteiger partial charge in [0, 0.05) is 17.3 Å². The molecule has 0 fully saturated rings. The molecule has 0 aliphatic rings. The highest BCUT2D eigenvalue weighted by Gasteiger charge is 2.17. The molecule has 0 saturated heterocycles. The van der Waals surface area contributed by atoms with Crippen molar-refractivity contribution in [1.29, 1.82) is 0 Å². The maximum Gasteiger partial charge on any atom is 0.261 e. The van der Waals surface area contributed by atoms with Gasteiger partial charge in [0.1, 0.15) is 5.75 Å². The van der Waals surface area contributed by atoms with E-state index in [1.165, 1.54) is 11.3 Å². The van der Waals surface area contributed by atoms with Crippen molar-refractivity contribution >= 4 is 27.3 Å². The average molecular weight is 307 g/mol. The third-order valence-corrected chi connectivity index (χ3v) is 4.79. The fraction of sp³-hybridized carbons (Fsp3) is 0.438. The summed E-state index contributed by atoms with van der Waals surface area (Å²) in [5.41, 5.74) is 0.987. The predicted octanol–water partition coefficient (Wildman–Crippen LogP) is 3.11. The monoisotopic (exact) mass is 307 g/mol. The summed E-state index contributed by atoms with van der Waals surface area (Å²) in [6.07, 6.45) is 1.48. The molecule has 2 aromatic rings. The van der Waals surface area contributed by atoms with Crippen molar-refractivity contribution in [1.82, 2.24) is 5.32 Å². The molecule has 1 atom stereocenters. The quantitative estimate of drug-likeness (QED) is 0.862. The van der Waals surface area contributed by atoms with Crippen LogP contribution in [-0.2, 0) is 0 Å². The number of aryl methyl sites for hydroxylation is 1. The molecule has 1 aromatic carbocycles. The fourth-order valence-corrected chi connectivity index (χ4v) is 3.40. The van der Waals surface area contributed by atoms with Crippen LogP contribution in [0.15, 0.2) is 18.2 Å². The Morgan fingerprint density at radius 2 is 2.24 bits per heavy atom. The Balaban J connectivity index is 2.21. The molecule has 0 radical (unpaired) electrons. The summed E-state index contributed by atoms with van der Waals surface area (Å²) in [5.74, 6) is 0.754. The Labute approximate surface area is 128 Å². The molecule has 21 heavy (non-hydrogen) atoms. The Morgan fingerprint density at radius 3 is 2.90 bits per heavy atom. The van der Waals surface area contributed by atoms with Crippen molar-refractivity contribution in [3.8, 4) is 5.75 Å². The van der Waals surface area contributed by atoms with Gasteiger partial charge in [-0.25, -0.2) is 0 Å². The number of rotatable bonds is 6. The molecule has 0 saturated carbocycles. The van der Waals surface area contributed by atoms with Crippen molar-refractivity contribution in [2.75, 3.05) is 13.7 Å². The van der Waals surface area contributed by atoms with Gasteiger partial charge in [-0.2, -0.15) is 0 Å². The van der Waals surface area contributed by atoms with E-state index in [9.17, 15) is 4.79 Å². The van der Waals surface area contributed by atoms with E-state index < -0.39 is 0 Å². The molecule has 1 unspecified atom stereocenters. The second-order valence-corrected chi connectivity index (χ2v) is 6.21. The Kier molecular flexibility index (Phi) is 5.20. The summed E-state index contributed by atoms with van der Waals surface area (Å²) in [4.78, 5) is 13.1. The number of amides is 1. The number of carbonyl (C=O) groups is 1. The molecule has 0 bridgehead atoms. The molecule has 114 valence electrons. The summed E-state index contributed by atoms with van der Waals surface area (Å²) >= 11 is 1.50. The number of hydrogen-bond acceptors (Lipinski definition) is 4. The van der Waals surface area contributed by atoms with Crippen LogP contribution in [0.3, 0.4) is 0 Å². The molecule has 2 N–H and O–H groups in total. The third kappa shape index (κ3) is 3.54. The van der Waals surface area contributed by atoms with Gasteiger partial charge in [0.05, 0.1) is 12.0 Å². The maximum absolute atomic E-state index is 12.4. The highest BCUT2D eigenvalue weighted by molar-refractivity contribution is 7.21. The minimum absolute atomic E-state index is 0.0434. The van der Waals surface area contributed by atoms with Crippen LogP contribution in [0.4, 0.5) is 0 Å². The van der Waals surface area contributed by atoms with E-state index in [2.05, 4.69) is 5.32 Å². The molecule has 1 heterocycles. The van der Waals surface area contributed by atoms with E-state index in [4.69, 9.17) is 9.84 Å². The second kappa shape index (κ2) is 6.91. The molecule has 1 amide bonds. The number of methoxy groups -OCH3 is 1. The highest BCUT2D eigenvalue weighted by Crippen LogP contribution is 2.33. The number of carbonyl (C=O) groups excluding carboxylic acids is 1. The van der Waals surface area contributed by atoms with E-state index in [1.54, 1.807) is 7.11 Å². The zero-order chi connectivity index (χ0) is 15.4. The van der Waals surface area contributed by atoms with E-state index in [0.29, 0.717) is 6.42 Å². The van der Waals surface area contributed by atoms with E-state index in [1.807, 2.05) is 32.0 Å². The normalized spacial score (nSPS) is 12.4. The lowest BCUT2D eigenvalue weighted by atomic mass is 10.1.